The van der Waals surface area contributed by atoms with E-state index in [2.05, 4.69) is 21.3 Å². The summed E-state index contributed by atoms with van der Waals surface area (Å²) >= 11 is 1.25. The first-order chi connectivity index (χ1) is 41.7. The number of hydrogen-bond donors (Lipinski definition) is 10. The van der Waals surface area contributed by atoms with E-state index in [-0.39, 0.29) is 71.2 Å². The minimum absolute atomic E-state index is 0.0224. The Labute approximate surface area is 515 Å². The van der Waals surface area contributed by atoms with Gasteiger partial charge in [0.25, 0.3) is 23.6 Å². The summed E-state index contributed by atoms with van der Waals surface area (Å²) in [5.74, 6) is -7.95. The largest absolute Gasteiger partial charge is 0.481 e. The number of nitrogens with two attached hydrogens (primary N) is 1. The van der Waals surface area contributed by atoms with E-state index in [1.54, 1.807) is 36.4 Å². The van der Waals surface area contributed by atoms with E-state index in [4.69, 9.17) is 24.9 Å². The van der Waals surface area contributed by atoms with Gasteiger partial charge in [-0.05, 0) is 68.2 Å². The van der Waals surface area contributed by atoms with Crippen molar-refractivity contribution in [3.63, 3.8) is 0 Å². The highest BCUT2D eigenvalue weighted by atomic mass is 32.1. The minimum Gasteiger partial charge on any atom is -0.481 e. The van der Waals surface area contributed by atoms with Gasteiger partial charge in [-0.3, -0.25) is 43.3 Å². The highest BCUT2D eigenvalue weighted by Gasteiger charge is 2.49. The zero-order chi connectivity index (χ0) is 64.7. The molecule has 4 heterocycles. The normalized spacial score (nSPS) is 23.4. The summed E-state index contributed by atoms with van der Waals surface area (Å²) in [5, 5.41) is 64.7. The highest BCUT2D eigenvalue weighted by molar-refractivity contribution is 7.09. The van der Waals surface area contributed by atoms with Crippen LogP contribution in [-0.4, -0.2) is 199 Å². The quantitative estimate of drug-likeness (QED) is 0.0326. The number of aromatic nitrogens is 1. The number of carboxylic acids is 2. The van der Waals surface area contributed by atoms with E-state index in [0.29, 0.717) is 60.7 Å². The number of carboxylic acid groups (broad SMARTS) is 2. The van der Waals surface area contributed by atoms with Gasteiger partial charge in [-0.25, -0.2) is 9.78 Å². The zero-order valence-corrected chi connectivity index (χ0v) is 51.9. The monoisotopic (exact) mass is 1250 g/mol. The molecule has 88 heavy (non-hydrogen) atoms. The smallest absolute Gasteiger partial charge is 0.335 e. The number of benzene rings is 2. The number of ether oxygens (including phenoxy) is 3. The summed E-state index contributed by atoms with van der Waals surface area (Å²) in [6, 6.07) is 10.2. The van der Waals surface area contributed by atoms with Gasteiger partial charge in [0.15, 0.2) is 12.1 Å². The third-order valence-electron chi connectivity index (χ3n) is 16.7. The standard InChI is InChI=1S/C61H85N9O17S/c1-9-34(5)49(58(80)68(7)41(33(3)4)29-45(85-10-2)57-66-40(32-88-57)54(77)64-38(26-35(6)59(81)82)27-36-16-12-11-13-17-36)67-56(79)43-18-14-15-25-70(43,8)31-37-19-20-44(86-61-52(76)50(74)51(75)53(87-61)60(83)84)39(28-37)65-46(71)23-24-63-55(78)42(30-62)69-47(72)21-22-48(69)73/h11-13,16-17,19-22,28,32-35,38,41-43,45,49-53,61,74-76H,9-10,14-15,18,23-27,29-31,62H2,1-8H3,(H5-,63,64,65,67,71,77,78,79,81,82,83,84)/p+1/t34-,35-,38+,41+,42?,43+,45+,49-,50-,51-,52+,53-,61+,70?/m0/s1. The maximum Gasteiger partial charge on any atom is 0.335 e. The number of carbonyl (C=O) groups excluding carboxylic acids is 7. The molecule has 6 rings (SSSR count). The Bertz CT molecular complexity index is 2970. The van der Waals surface area contributed by atoms with E-state index in [1.165, 1.54) is 17.4 Å². The molecule has 2 aromatic carbocycles. The number of carbonyl (C=O) groups is 9. The van der Waals surface area contributed by atoms with Crippen molar-refractivity contribution >= 4 is 70.3 Å². The summed E-state index contributed by atoms with van der Waals surface area (Å²) in [4.78, 5) is 126. The van der Waals surface area contributed by atoms with Crippen molar-refractivity contribution in [3.8, 4) is 5.75 Å². The molecule has 2 fully saturated rings. The van der Waals surface area contributed by atoms with Crippen LogP contribution >= 0.6 is 11.3 Å². The number of aliphatic hydroxyl groups is 3. The SMILES string of the molecule is CCO[C@H](C[C@H](C(C)C)N(C)C(=O)[C@@H](NC(=O)[C@H]1CCCC[N+]1(C)Cc1ccc(O[C@@H]2O[C@H](C(=O)O)[C@@H](O)[C@H](O)[C@H]2O)c(NC(=O)CCNC(=O)C(CN)N2C(=O)C=CC2=O)c1)[C@@H](C)CC)c1nc(C(=O)N[C@@H](Cc2ccccc2)C[C@H](C)C(=O)O)cs1. The van der Waals surface area contributed by atoms with Gasteiger partial charge in [0.2, 0.25) is 24.0 Å². The Morgan fingerprint density at radius 1 is 0.909 bits per heavy atom. The lowest BCUT2D eigenvalue weighted by Gasteiger charge is -2.44. The van der Waals surface area contributed by atoms with Crippen LogP contribution in [-0.2, 0) is 60.8 Å². The number of piperidine rings is 1. The number of amides is 7. The molecule has 0 radical (unpaired) electrons. The van der Waals surface area contributed by atoms with Gasteiger partial charge in [-0.1, -0.05) is 71.4 Å². The fourth-order valence-corrected chi connectivity index (χ4v) is 12.3. The van der Waals surface area contributed by atoms with E-state index in [1.807, 2.05) is 72.0 Å². The van der Waals surface area contributed by atoms with E-state index in [0.717, 1.165) is 24.1 Å². The average Bonchev–Trinajstić information content (AvgIpc) is 1.33. The number of quaternary nitrogens is 1. The molecule has 26 nitrogen and oxygen atoms in total. The first-order valence-corrected chi connectivity index (χ1v) is 30.7. The molecule has 1 aromatic heterocycles. The molecule has 7 amide bonds. The Morgan fingerprint density at radius 3 is 2.23 bits per heavy atom. The number of aliphatic hydroxyl groups excluding tert-OH is 3. The van der Waals surface area contributed by atoms with Gasteiger partial charge in [0, 0.05) is 81.2 Å². The Morgan fingerprint density at radius 2 is 1.60 bits per heavy atom. The summed E-state index contributed by atoms with van der Waals surface area (Å²) in [7, 11) is 3.62. The maximum absolute atomic E-state index is 15.0. The van der Waals surface area contributed by atoms with Crippen LogP contribution < -0.4 is 31.7 Å². The lowest BCUT2D eigenvalue weighted by Crippen LogP contribution is -2.63. The maximum atomic E-state index is 15.0. The van der Waals surface area contributed by atoms with Crippen LogP contribution in [0.25, 0.3) is 0 Å². The second kappa shape index (κ2) is 31.8. The highest BCUT2D eigenvalue weighted by Crippen LogP contribution is 2.35. The fourth-order valence-electron chi connectivity index (χ4n) is 11.4. The number of imide groups is 1. The molecule has 2 unspecified atom stereocenters. The summed E-state index contributed by atoms with van der Waals surface area (Å²) in [6.45, 7) is 11.6. The van der Waals surface area contributed by atoms with Gasteiger partial charge in [0.1, 0.15) is 59.5 Å². The number of anilines is 1. The molecule has 3 aromatic rings. The molecule has 3 aliphatic heterocycles. The third-order valence-corrected chi connectivity index (χ3v) is 17.6. The lowest BCUT2D eigenvalue weighted by molar-refractivity contribution is -0.942. The summed E-state index contributed by atoms with van der Waals surface area (Å²) in [6.07, 6.45) is -5.44. The van der Waals surface area contributed by atoms with Crippen LogP contribution in [0.1, 0.15) is 119 Å². The molecule has 11 N–H and O–H groups in total. The van der Waals surface area contributed by atoms with Gasteiger partial charge in [-0.15, -0.1) is 11.3 Å². The molecular formula is C61H86N9O17S+. The fraction of sp³-hybridized carbons (Fsp3) is 0.574. The Balaban J connectivity index is 1.19. The predicted molar refractivity (Wildman–Crippen MR) is 321 cm³/mol. The van der Waals surface area contributed by atoms with Crippen LogP contribution in [0.2, 0.25) is 0 Å². The Kier molecular flexibility index (Phi) is 25.2. The van der Waals surface area contributed by atoms with Crippen molar-refractivity contribution in [3.05, 3.63) is 87.9 Å². The van der Waals surface area contributed by atoms with Gasteiger partial charge >= 0.3 is 11.9 Å². The topological polar surface area (TPSA) is 376 Å². The van der Waals surface area contributed by atoms with Crippen LogP contribution in [0.15, 0.2) is 66.1 Å². The van der Waals surface area contributed by atoms with Crippen LogP contribution in [0.5, 0.6) is 5.75 Å². The number of nitrogens with one attached hydrogen (secondary N) is 4. The van der Waals surface area contributed by atoms with Crippen molar-refractivity contribution in [2.45, 2.75) is 166 Å². The van der Waals surface area contributed by atoms with Crippen LogP contribution in [0, 0.1) is 17.8 Å². The van der Waals surface area contributed by atoms with Gasteiger partial charge < -0.3 is 76.1 Å². The second-order valence-corrected chi connectivity index (χ2v) is 24.4. The van der Waals surface area contributed by atoms with Crippen LogP contribution in [0.3, 0.4) is 0 Å². The number of rotatable bonds is 31. The molecule has 0 aliphatic carbocycles. The number of thiazole rings is 1. The summed E-state index contributed by atoms with van der Waals surface area (Å²) in [5.41, 5.74) is 7.39. The molecule has 0 saturated carbocycles. The molecule has 3 aliphatic rings. The van der Waals surface area contributed by atoms with Crippen molar-refractivity contribution in [2.24, 2.45) is 23.5 Å². The predicted octanol–water partition coefficient (Wildman–Crippen LogP) is 2.24. The van der Waals surface area contributed by atoms with E-state index < -0.39 is 121 Å². The average molecular weight is 1250 g/mol. The number of nitrogens with zero attached hydrogens (tertiary/aromatic N) is 4. The molecule has 482 valence electrons. The first kappa shape index (κ1) is 69.9. The summed E-state index contributed by atoms with van der Waals surface area (Å²) < 4.78 is 17.8. The molecule has 14 atom stereocenters. The van der Waals surface area contributed by atoms with Crippen molar-refractivity contribution < 1.29 is 87.4 Å². The second-order valence-electron chi connectivity index (χ2n) is 23.5. The number of likely N-dealkylation sites (N-methyl/N-ethyl adjacent to an activating group) is 2. The van der Waals surface area contributed by atoms with Gasteiger partial charge in [-0.2, -0.15) is 0 Å². The third kappa shape index (κ3) is 17.8. The number of likely N-dealkylation sites (tertiary alicyclic amines) is 1. The van der Waals surface area contributed by atoms with Crippen molar-refractivity contribution in [2.75, 3.05) is 45.7 Å². The molecule has 27 heteroatoms. The number of hydrogen-bond acceptors (Lipinski definition) is 18. The zero-order valence-electron chi connectivity index (χ0n) is 51.0. The van der Waals surface area contributed by atoms with Gasteiger partial charge in [0.05, 0.1) is 25.2 Å². The minimum atomic E-state index is -2.01. The number of aliphatic carboxylic acids is 2. The molecule has 0 bridgehead atoms. The lowest BCUT2D eigenvalue weighted by atomic mass is 9.92. The van der Waals surface area contributed by atoms with Crippen molar-refractivity contribution in [1.82, 2.24) is 30.7 Å². The Hall–Kier alpha value is -7.24. The van der Waals surface area contributed by atoms with Crippen molar-refractivity contribution in [1.29, 1.82) is 0 Å². The molecule has 2 saturated heterocycles. The van der Waals surface area contributed by atoms with E-state index >= 15 is 0 Å². The molecule has 0 spiro atoms. The molecular weight excluding hydrogens is 1160 g/mol. The first-order valence-electron chi connectivity index (χ1n) is 29.8. The van der Waals surface area contributed by atoms with E-state index in [9.17, 15) is 68.7 Å². The van der Waals surface area contributed by atoms with Crippen LogP contribution in [0.4, 0.5) is 5.69 Å².